The Hall–Kier alpha value is -2.82. The lowest BCUT2D eigenvalue weighted by molar-refractivity contribution is -0.121. The van der Waals surface area contributed by atoms with Crippen LogP contribution in [0.25, 0.3) is 0 Å². The number of amides is 2. The van der Waals surface area contributed by atoms with Gasteiger partial charge in [0.05, 0.1) is 7.11 Å². The van der Waals surface area contributed by atoms with Gasteiger partial charge >= 0.3 is 0 Å². The Morgan fingerprint density at radius 2 is 1.96 bits per heavy atom. The first-order valence-electron chi connectivity index (χ1n) is 8.83. The molecule has 0 fully saturated rings. The van der Waals surface area contributed by atoms with E-state index in [1.54, 1.807) is 18.1 Å². The number of carbonyl (C=O) groups is 2. The Labute approximate surface area is 154 Å². The Morgan fingerprint density at radius 3 is 2.65 bits per heavy atom. The maximum atomic E-state index is 13.0. The van der Waals surface area contributed by atoms with Gasteiger partial charge in [-0.05, 0) is 36.1 Å². The number of nitrogens with zero attached hydrogens (tertiary/aromatic N) is 1. The lowest BCUT2D eigenvalue weighted by atomic mass is 10.0. The molecule has 0 aliphatic carbocycles. The molecule has 26 heavy (non-hydrogen) atoms. The largest absolute Gasteiger partial charge is 0.497 e. The summed E-state index contributed by atoms with van der Waals surface area (Å²) in [6.07, 6.45) is 0.607. The first kappa shape index (κ1) is 18.0. The molecule has 1 N–H and O–H groups in total. The number of methoxy groups -OCH3 is 1. The summed E-state index contributed by atoms with van der Waals surface area (Å²) >= 11 is 0. The van der Waals surface area contributed by atoms with E-state index < -0.39 is 6.04 Å². The molecular weight excluding hydrogens is 328 g/mol. The van der Waals surface area contributed by atoms with Crippen LogP contribution < -0.4 is 10.1 Å². The molecule has 1 aliphatic heterocycles. The highest BCUT2D eigenvalue weighted by atomic mass is 16.5. The molecule has 0 bridgehead atoms. The molecule has 1 unspecified atom stereocenters. The topological polar surface area (TPSA) is 58.6 Å². The Kier molecular flexibility index (Phi) is 5.26. The van der Waals surface area contributed by atoms with Crippen molar-refractivity contribution in [1.29, 1.82) is 0 Å². The minimum atomic E-state index is -0.513. The van der Waals surface area contributed by atoms with Crippen LogP contribution in [-0.4, -0.2) is 29.9 Å². The van der Waals surface area contributed by atoms with E-state index in [-0.39, 0.29) is 17.7 Å². The Bertz CT molecular complexity index is 816. The quantitative estimate of drug-likeness (QED) is 0.862. The zero-order chi connectivity index (χ0) is 18.7. The van der Waals surface area contributed by atoms with Crippen molar-refractivity contribution in [1.82, 2.24) is 4.90 Å². The molecule has 5 nitrogen and oxygen atoms in total. The van der Waals surface area contributed by atoms with E-state index in [2.05, 4.69) is 19.2 Å². The van der Waals surface area contributed by atoms with Crippen LogP contribution in [0.15, 0.2) is 48.5 Å². The highest BCUT2D eigenvalue weighted by Gasteiger charge is 2.36. The van der Waals surface area contributed by atoms with E-state index in [9.17, 15) is 9.59 Å². The molecule has 1 aliphatic rings. The molecule has 3 rings (SSSR count). The standard InChI is InChI=1S/C21H24N2O3/c1-14(2)11-19(20(24)22-16-8-6-9-17(12-16)26-3)23-13-15-7-4-5-10-18(15)21(23)25/h4-10,12,14,19H,11,13H2,1-3H3,(H,22,24). The maximum absolute atomic E-state index is 13.0. The van der Waals surface area contributed by atoms with Crippen LogP contribution in [0.1, 0.15) is 36.2 Å². The zero-order valence-electron chi connectivity index (χ0n) is 15.4. The zero-order valence-corrected chi connectivity index (χ0v) is 15.4. The van der Waals surface area contributed by atoms with Gasteiger partial charge in [-0.15, -0.1) is 0 Å². The molecule has 0 aromatic heterocycles. The molecule has 0 spiro atoms. The van der Waals surface area contributed by atoms with Crippen molar-refractivity contribution in [3.8, 4) is 5.75 Å². The second kappa shape index (κ2) is 7.60. The van der Waals surface area contributed by atoms with Gasteiger partial charge in [-0.2, -0.15) is 0 Å². The van der Waals surface area contributed by atoms with E-state index in [0.717, 1.165) is 5.56 Å². The summed E-state index contributed by atoms with van der Waals surface area (Å²) in [4.78, 5) is 27.5. The molecule has 1 heterocycles. The predicted octanol–water partition coefficient (Wildman–Crippen LogP) is 3.70. The Morgan fingerprint density at radius 1 is 1.19 bits per heavy atom. The Balaban J connectivity index is 1.82. The number of fused-ring (bicyclic) bond motifs is 1. The first-order chi connectivity index (χ1) is 12.5. The van der Waals surface area contributed by atoms with Gasteiger partial charge in [0.2, 0.25) is 5.91 Å². The van der Waals surface area contributed by atoms with E-state index in [4.69, 9.17) is 4.74 Å². The van der Waals surface area contributed by atoms with Gasteiger partial charge in [0.25, 0.3) is 5.91 Å². The molecule has 2 aromatic carbocycles. The van der Waals surface area contributed by atoms with Crippen LogP contribution in [0.4, 0.5) is 5.69 Å². The first-order valence-corrected chi connectivity index (χ1v) is 8.83. The fraction of sp³-hybridized carbons (Fsp3) is 0.333. The number of rotatable bonds is 6. The van der Waals surface area contributed by atoms with E-state index in [0.29, 0.717) is 30.0 Å². The van der Waals surface area contributed by atoms with Gasteiger partial charge in [0, 0.05) is 23.9 Å². The predicted molar refractivity (Wildman–Crippen MR) is 101 cm³/mol. The highest BCUT2D eigenvalue weighted by Crippen LogP contribution is 2.27. The van der Waals surface area contributed by atoms with Crippen LogP contribution in [0.3, 0.4) is 0 Å². The van der Waals surface area contributed by atoms with Gasteiger partial charge in [-0.25, -0.2) is 0 Å². The van der Waals surface area contributed by atoms with Crippen LogP contribution in [0.2, 0.25) is 0 Å². The minimum absolute atomic E-state index is 0.0768. The van der Waals surface area contributed by atoms with Crippen molar-refractivity contribution in [2.45, 2.75) is 32.9 Å². The lowest BCUT2D eigenvalue weighted by Gasteiger charge is -2.28. The smallest absolute Gasteiger partial charge is 0.255 e. The van der Waals surface area contributed by atoms with Crippen LogP contribution in [0, 0.1) is 5.92 Å². The molecule has 1 atom stereocenters. The second-order valence-electron chi connectivity index (χ2n) is 6.96. The lowest BCUT2D eigenvalue weighted by Crippen LogP contribution is -2.45. The van der Waals surface area contributed by atoms with Crippen LogP contribution >= 0.6 is 0 Å². The van der Waals surface area contributed by atoms with Gasteiger partial charge < -0.3 is 15.0 Å². The number of nitrogens with one attached hydrogen (secondary N) is 1. The van der Waals surface area contributed by atoms with Gasteiger partial charge in [0.1, 0.15) is 11.8 Å². The number of benzene rings is 2. The molecule has 2 aromatic rings. The molecule has 0 radical (unpaired) electrons. The van der Waals surface area contributed by atoms with Crippen molar-refractivity contribution in [2.75, 3.05) is 12.4 Å². The van der Waals surface area contributed by atoms with Crippen molar-refractivity contribution in [2.24, 2.45) is 5.92 Å². The van der Waals surface area contributed by atoms with Crippen LogP contribution in [-0.2, 0) is 11.3 Å². The summed E-state index contributed by atoms with van der Waals surface area (Å²) in [7, 11) is 1.59. The third-order valence-electron chi connectivity index (χ3n) is 4.56. The van der Waals surface area contributed by atoms with E-state index in [1.165, 1.54) is 0 Å². The average Bonchev–Trinajstić information content (AvgIpc) is 2.96. The molecule has 5 heteroatoms. The monoisotopic (exact) mass is 352 g/mol. The minimum Gasteiger partial charge on any atom is -0.497 e. The summed E-state index contributed by atoms with van der Waals surface area (Å²) in [5, 5.41) is 2.93. The summed E-state index contributed by atoms with van der Waals surface area (Å²) < 4.78 is 5.20. The summed E-state index contributed by atoms with van der Waals surface area (Å²) in [5.41, 5.74) is 2.32. The average molecular weight is 352 g/mol. The van der Waals surface area contributed by atoms with Crippen molar-refractivity contribution in [3.05, 3.63) is 59.7 Å². The SMILES string of the molecule is COc1cccc(NC(=O)C(CC(C)C)N2Cc3ccccc3C2=O)c1. The van der Waals surface area contributed by atoms with Crippen molar-refractivity contribution in [3.63, 3.8) is 0 Å². The highest BCUT2D eigenvalue weighted by molar-refractivity contribution is 6.03. The molecule has 0 saturated heterocycles. The summed E-state index contributed by atoms with van der Waals surface area (Å²) in [6.45, 7) is 4.58. The fourth-order valence-corrected chi connectivity index (χ4v) is 3.28. The molecule has 136 valence electrons. The fourth-order valence-electron chi connectivity index (χ4n) is 3.28. The number of hydrogen-bond donors (Lipinski definition) is 1. The number of anilines is 1. The summed E-state index contributed by atoms with van der Waals surface area (Å²) in [5.74, 6) is 0.709. The van der Waals surface area contributed by atoms with Gasteiger partial charge in [0.15, 0.2) is 0 Å². The maximum Gasteiger partial charge on any atom is 0.255 e. The van der Waals surface area contributed by atoms with Crippen molar-refractivity contribution < 1.29 is 14.3 Å². The van der Waals surface area contributed by atoms with Gasteiger partial charge in [-0.3, -0.25) is 9.59 Å². The second-order valence-corrected chi connectivity index (χ2v) is 6.96. The normalized spacial score (nSPS) is 14.3. The molecule has 0 saturated carbocycles. The summed E-state index contributed by atoms with van der Waals surface area (Å²) in [6, 6.07) is 14.3. The number of ether oxygens (including phenoxy) is 1. The van der Waals surface area contributed by atoms with E-state index in [1.807, 2.05) is 42.5 Å². The number of carbonyl (C=O) groups excluding carboxylic acids is 2. The van der Waals surface area contributed by atoms with Crippen molar-refractivity contribution >= 4 is 17.5 Å². The van der Waals surface area contributed by atoms with Gasteiger partial charge in [-0.1, -0.05) is 38.1 Å². The molecule has 2 amide bonds. The molecular formula is C21H24N2O3. The third-order valence-corrected chi connectivity index (χ3v) is 4.56. The third kappa shape index (κ3) is 3.72. The van der Waals surface area contributed by atoms with Crippen LogP contribution in [0.5, 0.6) is 5.75 Å². The number of hydrogen-bond acceptors (Lipinski definition) is 3. The van der Waals surface area contributed by atoms with E-state index >= 15 is 0 Å².